The molecule has 0 aromatic rings. The molecule has 0 heterocycles. The van der Waals surface area contributed by atoms with E-state index in [-0.39, 0.29) is 0 Å². The molecule has 0 saturated heterocycles. The maximum absolute atomic E-state index is 4.90. The third-order valence-electron chi connectivity index (χ3n) is 0.945. The van der Waals surface area contributed by atoms with E-state index < -0.39 is 0 Å². The Bertz CT molecular complexity index is 112. The molecule has 52 valence electrons. The monoisotopic (exact) mass is 126 g/mol. The minimum Gasteiger partial charge on any atom is -0.380 e. The van der Waals surface area contributed by atoms with Crippen LogP contribution in [0.5, 0.6) is 0 Å². The minimum absolute atomic E-state index is 0.727. The van der Waals surface area contributed by atoms with Crippen LogP contribution in [-0.4, -0.2) is 13.7 Å². The second kappa shape index (κ2) is 5.57. The highest BCUT2D eigenvalue weighted by Crippen LogP contribution is 1.91. The molecule has 0 aliphatic carbocycles. The zero-order valence-electron chi connectivity index (χ0n) is 6.35. The molecule has 0 aromatic heterocycles. The lowest BCUT2D eigenvalue weighted by Gasteiger charge is -1.94. The number of allylic oxidation sites excluding steroid dienone is 3. The normalized spacial score (nSPS) is 13.0. The molecule has 0 fully saturated rings. The summed E-state index contributed by atoms with van der Waals surface area (Å²) in [5.74, 6) is 0. The molecule has 9 heavy (non-hydrogen) atoms. The van der Waals surface area contributed by atoms with Crippen molar-refractivity contribution in [3.63, 3.8) is 0 Å². The standard InChI is InChI=1S/C8H14O/c1-4-5-6-8(2)7-9-3/h4-6H,7H2,1-3H3/b5-4-,8-6+. The van der Waals surface area contributed by atoms with E-state index in [1.54, 1.807) is 7.11 Å². The predicted octanol–water partition coefficient (Wildman–Crippen LogP) is 2.16. The van der Waals surface area contributed by atoms with Crippen molar-refractivity contribution in [3.05, 3.63) is 23.8 Å². The zero-order chi connectivity index (χ0) is 7.11. The smallest absolute Gasteiger partial charge is 0.0673 e. The third-order valence-corrected chi connectivity index (χ3v) is 0.945. The van der Waals surface area contributed by atoms with Gasteiger partial charge in [0.1, 0.15) is 0 Å². The molecule has 0 saturated carbocycles. The molecule has 0 bridgehead atoms. The average Bonchev–Trinajstić information content (AvgIpc) is 1.85. The number of hydrogen-bond acceptors (Lipinski definition) is 1. The summed E-state index contributed by atoms with van der Waals surface area (Å²) in [7, 11) is 1.70. The molecule has 0 amide bonds. The van der Waals surface area contributed by atoms with Crippen molar-refractivity contribution in [1.29, 1.82) is 0 Å². The van der Waals surface area contributed by atoms with Gasteiger partial charge < -0.3 is 4.74 Å². The molecule has 0 radical (unpaired) electrons. The van der Waals surface area contributed by atoms with Crippen LogP contribution in [0, 0.1) is 0 Å². The molecule has 1 nitrogen and oxygen atoms in total. The maximum atomic E-state index is 4.90. The van der Waals surface area contributed by atoms with E-state index in [0.717, 1.165) is 6.61 Å². The van der Waals surface area contributed by atoms with Crippen molar-refractivity contribution in [2.24, 2.45) is 0 Å². The van der Waals surface area contributed by atoms with Gasteiger partial charge >= 0.3 is 0 Å². The van der Waals surface area contributed by atoms with Gasteiger partial charge in [0.2, 0.25) is 0 Å². The third kappa shape index (κ3) is 5.31. The number of methoxy groups -OCH3 is 1. The van der Waals surface area contributed by atoms with E-state index in [2.05, 4.69) is 0 Å². The molecule has 0 rings (SSSR count). The lowest BCUT2D eigenvalue weighted by molar-refractivity contribution is 0.226. The fraction of sp³-hybridized carbons (Fsp3) is 0.500. The second-order valence-electron chi connectivity index (χ2n) is 1.97. The van der Waals surface area contributed by atoms with Gasteiger partial charge in [-0.2, -0.15) is 0 Å². The quantitative estimate of drug-likeness (QED) is 0.526. The van der Waals surface area contributed by atoms with Crippen LogP contribution >= 0.6 is 0 Å². The largest absolute Gasteiger partial charge is 0.380 e. The van der Waals surface area contributed by atoms with Crippen molar-refractivity contribution in [2.75, 3.05) is 13.7 Å². The highest BCUT2D eigenvalue weighted by molar-refractivity contribution is 5.09. The Morgan fingerprint density at radius 3 is 2.67 bits per heavy atom. The van der Waals surface area contributed by atoms with Gasteiger partial charge in [0, 0.05) is 7.11 Å². The Kier molecular flexibility index (Phi) is 5.23. The first kappa shape index (κ1) is 8.44. The summed E-state index contributed by atoms with van der Waals surface area (Å²) in [5, 5.41) is 0. The molecule has 0 unspecified atom stereocenters. The van der Waals surface area contributed by atoms with Crippen LogP contribution < -0.4 is 0 Å². The molecular weight excluding hydrogens is 112 g/mol. The van der Waals surface area contributed by atoms with Crippen LogP contribution in [0.15, 0.2) is 23.8 Å². The molecule has 0 spiro atoms. The summed E-state index contributed by atoms with van der Waals surface area (Å²) in [6.45, 7) is 4.77. The van der Waals surface area contributed by atoms with Crippen LogP contribution in [0.3, 0.4) is 0 Å². The molecular formula is C8H14O. The average molecular weight is 126 g/mol. The van der Waals surface area contributed by atoms with E-state index in [9.17, 15) is 0 Å². The van der Waals surface area contributed by atoms with E-state index in [4.69, 9.17) is 4.74 Å². The highest BCUT2D eigenvalue weighted by Gasteiger charge is 1.81. The Morgan fingerprint density at radius 2 is 2.22 bits per heavy atom. The molecule has 0 aliphatic heterocycles. The zero-order valence-corrected chi connectivity index (χ0v) is 6.35. The summed E-state index contributed by atoms with van der Waals surface area (Å²) in [4.78, 5) is 0. The van der Waals surface area contributed by atoms with Gasteiger partial charge in [-0.3, -0.25) is 0 Å². The number of rotatable bonds is 3. The summed E-state index contributed by atoms with van der Waals surface area (Å²) in [6.07, 6.45) is 6.05. The SMILES string of the molecule is C/C=C\C=C(/C)COC. The Balaban J connectivity index is 3.55. The Labute approximate surface area is 57.0 Å². The molecule has 0 aromatic carbocycles. The van der Waals surface area contributed by atoms with Crippen molar-refractivity contribution < 1.29 is 4.74 Å². The first-order chi connectivity index (χ1) is 4.31. The van der Waals surface area contributed by atoms with E-state index in [1.807, 2.05) is 32.1 Å². The first-order valence-electron chi connectivity index (χ1n) is 3.08. The number of ether oxygens (including phenoxy) is 1. The lowest BCUT2D eigenvalue weighted by atomic mass is 10.3. The summed E-state index contributed by atoms with van der Waals surface area (Å²) in [6, 6.07) is 0. The van der Waals surface area contributed by atoms with E-state index in [1.165, 1.54) is 5.57 Å². The van der Waals surface area contributed by atoms with Gasteiger partial charge in [0.15, 0.2) is 0 Å². The molecule has 1 heteroatoms. The van der Waals surface area contributed by atoms with Crippen LogP contribution in [0.1, 0.15) is 13.8 Å². The Hall–Kier alpha value is -0.560. The van der Waals surface area contributed by atoms with Crippen molar-refractivity contribution in [2.45, 2.75) is 13.8 Å². The fourth-order valence-electron chi connectivity index (χ4n) is 0.536. The van der Waals surface area contributed by atoms with Crippen molar-refractivity contribution >= 4 is 0 Å². The van der Waals surface area contributed by atoms with Crippen LogP contribution in [0.2, 0.25) is 0 Å². The molecule has 0 aliphatic rings. The predicted molar refractivity (Wildman–Crippen MR) is 40.4 cm³/mol. The van der Waals surface area contributed by atoms with Crippen LogP contribution in [0.25, 0.3) is 0 Å². The first-order valence-corrected chi connectivity index (χ1v) is 3.08. The van der Waals surface area contributed by atoms with Crippen LogP contribution in [-0.2, 0) is 4.74 Å². The van der Waals surface area contributed by atoms with E-state index >= 15 is 0 Å². The molecule has 0 atom stereocenters. The maximum Gasteiger partial charge on any atom is 0.0673 e. The minimum atomic E-state index is 0.727. The fourth-order valence-corrected chi connectivity index (χ4v) is 0.536. The topological polar surface area (TPSA) is 9.23 Å². The van der Waals surface area contributed by atoms with Crippen molar-refractivity contribution in [3.8, 4) is 0 Å². The van der Waals surface area contributed by atoms with Crippen molar-refractivity contribution in [1.82, 2.24) is 0 Å². The van der Waals surface area contributed by atoms with E-state index in [0.29, 0.717) is 0 Å². The summed E-state index contributed by atoms with van der Waals surface area (Å²) in [5.41, 5.74) is 1.25. The van der Waals surface area contributed by atoms with Crippen LogP contribution in [0.4, 0.5) is 0 Å². The highest BCUT2D eigenvalue weighted by atomic mass is 16.5. The van der Waals surface area contributed by atoms with Gasteiger partial charge in [-0.25, -0.2) is 0 Å². The van der Waals surface area contributed by atoms with Gasteiger partial charge in [-0.1, -0.05) is 18.2 Å². The molecule has 0 N–H and O–H groups in total. The van der Waals surface area contributed by atoms with Gasteiger partial charge in [-0.15, -0.1) is 0 Å². The van der Waals surface area contributed by atoms with Gasteiger partial charge in [-0.05, 0) is 19.4 Å². The summed E-state index contributed by atoms with van der Waals surface area (Å²) >= 11 is 0. The van der Waals surface area contributed by atoms with Gasteiger partial charge in [0.05, 0.1) is 6.61 Å². The second-order valence-corrected chi connectivity index (χ2v) is 1.97. The van der Waals surface area contributed by atoms with Gasteiger partial charge in [0.25, 0.3) is 0 Å². The summed E-state index contributed by atoms with van der Waals surface area (Å²) < 4.78 is 4.90. The number of hydrogen-bond donors (Lipinski definition) is 0. The lowest BCUT2D eigenvalue weighted by Crippen LogP contribution is -1.87. The Morgan fingerprint density at radius 1 is 1.56 bits per heavy atom.